The molecule has 0 N–H and O–H groups in total. The van der Waals surface area contributed by atoms with Crippen LogP contribution in [0.4, 0.5) is 0 Å². The van der Waals surface area contributed by atoms with Crippen LogP contribution in [0.2, 0.25) is 0 Å². The van der Waals surface area contributed by atoms with E-state index in [1.54, 1.807) is 16.4 Å². The highest BCUT2D eigenvalue weighted by molar-refractivity contribution is 9.10. The first-order valence-electron chi connectivity index (χ1n) is 6.51. The Balaban J connectivity index is 1.97. The average molecular weight is 353 g/mol. The van der Waals surface area contributed by atoms with Crippen molar-refractivity contribution < 1.29 is 4.79 Å². The van der Waals surface area contributed by atoms with Crippen molar-refractivity contribution in [2.75, 3.05) is 5.75 Å². The molecule has 3 nitrogen and oxygen atoms in total. The maximum absolute atomic E-state index is 12.1. The molecule has 0 saturated heterocycles. The number of hydrogen-bond acceptors (Lipinski definition) is 3. The molecule has 1 aromatic carbocycles. The normalized spacial score (nSPS) is 10.8. The Hall–Kier alpha value is -1.07. The van der Waals surface area contributed by atoms with E-state index in [-0.39, 0.29) is 5.78 Å². The molecule has 2 aromatic rings. The average Bonchev–Trinajstić information content (AvgIpc) is 2.73. The van der Waals surface area contributed by atoms with Gasteiger partial charge in [-0.3, -0.25) is 9.48 Å². The van der Waals surface area contributed by atoms with Gasteiger partial charge in [0.2, 0.25) is 0 Å². The monoisotopic (exact) mass is 352 g/mol. The number of carbonyl (C=O) groups excluding carboxylic acids is 1. The largest absolute Gasteiger partial charge is 0.298 e. The third-order valence-electron chi connectivity index (χ3n) is 3.01. The summed E-state index contributed by atoms with van der Waals surface area (Å²) in [6, 6.07) is 9.99. The topological polar surface area (TPSA) is 34.9 Å². The molecule has 0 aliphatic rings. The zero-order valence-corrected chi connectivity index (χ0v) is 14.0. The molecule has 0 atom stereocenters. The fraction of sp³-hybridized carbons (Fsp3) is 0.333. The first-order chi connectivity index (χ1) is 9.61. The second-order valence-electron chi connectivity index (χ2n) is 4.50. The van der Waals surface area contributed by atoms with Crippen LogP contribution < -0.4 is 0 Å². The quantitative estimate of drug-likeness (QED) is 0.744. The van der Waals surface area contributed by atoms with Gasteiger partial charge >= 0.3 is 0 Å². The molecule has 2 rings (SSSR count). The van der Waals surface area contributed by atoms with Gasteiger partial charge in [0.05, 0.1) is 28.0 Å². The number of Topliss-reactive ketones (excluding diaryl/α,β-unsaturated/α-hetero) is 1. The molecule has 1 heterocycles. The van der Waals surface area contributed by atoms with Crippen molar-refractivity contribution in [2.24, 2.45) is 7.05 Å². The van der Waals surface area contributed by atoms with E-state index >= 15 is 0 Å². The van der Waals surface area contributed by atoms with Gasteiger partial charge in [0.25, 0.3) is 0 Å². The van der Waals surface area contributed by atoms with Crippen LogP contribution in [0.1, 0.15) is 18.3 Å². The number of halogens is 1. The van der Waals surface area contributed by atoms with Gasteiger partial charge in [-0.05, 0) is 34.5 Å². The molecule has 0 fully saturated rings. The summed E-state index contributed by atoms with van der Waals surface area (Å²) in [5, 5.41) is 4.41. The zero-order valence-electron chi connectivity index (χ0n) is 11.6. The van der Waals surface area contributed by atoms with Crippen molar-refractivity contribution in [3.8, 4) is 0 Å². The second kappa shape index (κ2) is 7.09. The van der Waals surface area contributed by atoms with Gasteiger partial charge in [0.1, 0.15) is 5.78 Å². The number of aryl methyl sites for hydroxylation is 2. The van der Waals surface area contributed by atoms with Crippen molar-refractivity contribution in [1.82, 2.24) is 9.78 Å². The van der Waals surface area contributed by atoms with Crippen LogP contribution in [0.5, 0.6) is 0 Å². The van der Waals surface area contributed by atoms with Crippen molar-refractivity contribution in [1.29, 1.82) is 0 Å². The Labute approximate surface area is 131 Å². The summed E-state index contributed by atoms with van der Waals surface area (Å²) >= 11 is 5.12. The number of nitrogens with zero attached hydrogens (tertiary/aromatic N) is 2. The minimum absolute atomic E-state index is 0.213. The number of rotatable bonds is 6. The van der Waals surface area contributed by atoms with Crippen LogP contribution in [0, 0.1) is 0 Å². The number of ketones is 1. The van der Waals surface area contributed by atoms with E-state index in [2.05, 4.69) is 28.0 Å². The van der Waals surface area contributed by atoms with Crippen molar-refractivity contribution in [3.63, 3.8) is 0 Å². The lowest BCUT2D eigenvalue weighted by Crippen LogP contribution is -2.10. The van der Waals surface area contributed by atoms with Crippen molar-refractivity contribution >= 4 is 33.5 Å². The number of thioether (sulfide) groups is 1. The Bertz CT molecular complexity index is 595. The smallest absolute Gasteiger partial charge is 0.149 e. The number of aromatic nitrogens is 2. The summed E-state index contributed by atoms with van der Waals surface area (Å²) in [5.74, 6) is 0.702. The molecule has 106 valence electrons. The Morgan fingerprint density at radius 1 is 1.35 bits per heavy atom. The molecular formula is C15H17BrN2OS. The summed E-state index contributed by atoms with van der Waals surface area (Å²) in [5.41, 5.74) is 1.96. The van der Waals surface area contributed by atoms with E-state index in [9.17, 15) is 4.79 Å². The highest BCUT2D eigenvalue weighted by Gasteiger charge is 2.15. The molecule has 20 heavy (non-hydrogen) atoms. The summed E-state index contributed by atoms with van der Waals surface area (Å²) < 4.78 is 2.77. The number of hydrogen-bond donors (Lipinski definition) is 0. The minimum Gasteiger partial charge on any atom is -0.298 e. The fourth-order valence-electron chi connectivity index (χ4n) is 1.93. The summed E-state index contributed by atoms with van der Waals surface area (Å²) in [6.07, 6.45) is 1.28. The predicted molar refractivity (Wildman–Crippen MR) is 86.2 cm³/mol. The van der Waals surface area contributed by atoms with E-state index in [0.717, 1.165) is 27.2 Å². The van der Waals surface area contributed by atoms with Crippen LogP contribution in [-0.4, -0.2) is 21.3 Å². The van der Waals surface area contributed by atoms with E-state index in [1.807, 2.05) is 37.4 Å². The summed E-state index contributed by atoms with van der Waals surface area (Å²) in [4.78, 5) is 13.2. The lowest BCUT2D eigenvalue weighted by Gasteiger charge is -2.03. The fourth-order valence-corrected chi connectivity index (χ4v) is 3.47. The third-order valence-corrected chi connectivity index (χ3v) is 5.00. The molecule has 0 amide bonds. The molecule has 0 spiro atoms. The minimum atomic E-state index is 0.213. The molecule has 5 heteroatoms. The van der Waals surface area contributed by atoms with E-state index in [0.29, 0.717) is 12.2 Å². The SMILES string of the molecule is CCc1nn(C)c(CC(=O)CSc2ccccc2)c1Br. The maximum atomic E-state index is 12.1. The third kappa shape index (κ3) is 3.73. The van der Waals surface area contributed by atoms with Gasteiger partial charge in [-0.15, -0.1) is 11.8 Å². The van der Waals surface area contributed by atoms with Gasteiger partial charge in [-0.2, -0.15) is 5.10 Å². The Morgan fingerprint density at radius 3 is 2.65 bits per heavy atom. The van der Waals surface area contributed by atoms with Crippen LogP contribution in [-0.2, 0) is 24.7 Å². The number of carbonyl (C=O) groups is 1. The lowest BCUT2D eigenvalue weighted by atomic mass is 10.2. The van der Waals surface area contributed by atoms with Crippen LogP contribution >= 0.6 is 27.7 Å². The highest BCUT2D eigenvalue weighted by atomic mass is 79.9. The number of benzene rings is 1. The van der Waals surface area contributed by atoms with E-state index < -0.39 is 0 Å². The Morgan fingerprint density at radius 2 is 2.05 bits per heavy atom. The van der Waals surface area contributed by atoms with Gasteiger partial charge in [0, 0.05) is 11.9 Å². The molecule has 0 aliphatic carbocycles. The molecular weight excluding hydrogens is 336 g/mol. The first-order valence-corrected chi connectivity index (χ1v) is 8.29. The summed E-state index contributed by atoms with van der Waals surface area (Å²) in [6.45, 7) is 2.06. The van der Waals surface area contributed by atoms with E-state index in [1.165, 1.54) is 0 Å². The molecule has 0 radical (unpaired) electrons. The maximum Gasteiger partial charge on any atom is 0.149 e. The second-order valence-corrected chi connectivity index (χ2v) is 6.34. The summed E-state index contributed by atoms with van der Waals surface area (Å²) in [7, 11) is 1.89. The van der Waals surface area contributed by atoms with Crippen molar-refractivity contribution in [3.05, 3.63) is 46.2 Å². The van der Waals surface area contributed by atoms with Crippen LogP contribution in [0.25, 0.3) is 0 Å². The zero-order chi connectivity index (χ0) is 14.5. The van der Waals surface area contributed by atoms with Gasteiger partial charge in [-0.1, -0.05) is 25.1 Å². The van der Waals surface area contributed by atoms with Gasteiger partial charge in [0.15, 0.2) is 0 Å². The lowest BCUT2D eigenvalue weighted by molar-refractivity contribution is -0.116. The first kappa shape index (κ1) is 15.3. The van der Waals surface area contributed by atoms with Gasteiger partial charge in [-0.25, -0.2) is 0 Å². The molecule has 1 aromatic heterocycles. The van der Waals surface area contributed by atoms with Crippen LogP contribution in [0.15, 0.2) is 39.7 Å². The predicted octanol–water partition coefficient (Wildman–Crippen LogP) is 3.65. The molecule has 0 bridgehead atoms. The van der Waals surface area contributed by atoms with Gasteiger partial charge < -0.3 is 0 Å². The molecule has 0 saturated carbocycles. The van der Waals surface area contributed by atoms with Crippen LogP contribution in [0.3, 0.4) is 0 Å². The molecule has 0 aliphatic heterocycles. The molecule has 0 unspecified atom stereocenters. The Kier molecular flexibility index (Phi) is 5.43. The highest BCUT2D eigenvalue weighted by Crippen LogP contribution is 2.23. The van der Waals surface area contributed by atoms with Crippen molar-refractivity contribution in [2.45, 2.75) is 24.7 Å². The standard InChI is InChI=1S/C15H17BrN2OS/c1-3-13-15(16)14(18(2)17-13)9-11(19)10-20-12-7-5-4-6-8-12/h4-8H,3,9-10H2,1-2H3. The van der Waals surface area contributed by atoms with E-state index in [4.69, 9.17) is 0 Å².